The van der Waals surface area contributed by atoms with Gasteiger partial charge < -0.3 is 10.2 Å². The zero-order chi connectivity index (χ0) is 13.1. The lowest BCUT2D eigenvalue weighted by molar-refractivity contribution is -0.132. The van der Waals surface area contributed by atoms with Gasteiger partial charge in [0.25, 0.3) is 0 Å². The molecule has 0 bridgehead atoms. The van der Waals surface area contributed by atoms with Crippen LogP contribution in [0.4, 0.5) is 4.39 Å². The van der Waals surface area contributed by atoms with Crippen molar-refractivity contribution in [1.82, 2.24) is 10.2 Å². The Bertz CT molecular complexity index is 447. The smallest absolute Gasteiger partial charge is 0.239 e. The van der Waals surface area contributed by atoms with Gasteiger partial charge >= 0.3 is 0 Å². The van der Waals surface area contributed by atoms with Crippen LogP contribution in [0.15, 0.2) is 18.2 Å². The lowest BCUT2D eigenvalue weighted by atomic mass is 10.1. The number of carbonyl (C=O) groups excluding carboxylic acids is 1. The molecule has 1 heterocycles. The molecule has 4 heteroatoms. The normalized spacial score (nSPS) is 20.9. The summed E-state index contributed by atoms with van der Waals surface area (Å²) in [5.74, 6) is -0.153. The van der Waals surface area contributed by atoms with E-state index in [9.17, 15) is 9.18 Å². The minimum atomic E-state index is -0.246. The van der Waals surface area contributed by atoms with Crippen molar-refractivity contribution in [2.24, 2.45) is 0 Å². The molecule has 0 spiro atoms. The fraction of sp³-hybridized carbons (Fsp3) is 0.500. The first-order chi connectivity index (χ1) is 8.58. The van der Waals surface area contributed by atoms with Crippen LogP contribution in [0.5, 0.6) is 0 Å². The number of amides is 1. The molecule has 1 saturated heterocycles. The monoisotopic (exact) mass is 250 g/mol. The molecular formula is C14H19FN2O. The summed E-state index contributed by atoms with van der Waals surface area (Å²) in [6, 6.07) is 4.58. The van der Waals surface area contributed by atoms with Crippen LogP contribution in [0.1, 0.15) is 24.5 Å². The highest BCUT2D eigenvalue weighted by Gasteiger charge is 2.23. The van der Waals surface area contributed by atoms with Crippen molar-refractivity contribution in [2.75, 3.05) is 13.1 Å². The third-order valence-corrected chi connectivity index (χ3v) is 3.41. The van der Waals surface area contributed by atoms with Crippen LogP contribution in [-0.2, 0) is 11.3 Å². The van der Waals surface area contributed by atoms with Crippen LogP contribution in [0, 0.1) is 12.7 Å². The number of halogens is 1. The number of hydrogen-bond donors (Lipinski definition) is 1. The van der Waals surface area contributed by atoms with Crippen LogP contribution in [0.2, 0.25) is 0 Å². The molecule has 1 aromatic rings. The van der Waals surface area contributed by atoms with Crippen LogP contribution in [0.3, 0.4) is 0 Å². The molecule has 1 aliphatic rings. The summed E-state index contributed by atoms with van der Waals surface area (Å²) in [6.45, 7) is 5.89. The Morgan fingerprint density at radius 2 is 2.28 bits per heavy atom. The number of rotatable bonds is 2. The molecule has 0 radical (unpaired) electrons. The van der Waals surface area contributed by atoms with Crippen LogP contribution in [0.25, 0.3) is 0 Å². The fourth-order valence-corrected chi connectivity index (χ4v) is 2.23. The van der Waals surface area contributed by atoms with Crippen molar-refractivity contribution in [3.05, 3.63) is 35.1 Å². The highest BCUT2D eigenvalue weighted by molar-refractivity contribution is 5.81. The van der Waals surface area contributed by atoms with E-state index < -0.39 is 0 Å². The number of nitrogens with zero attached hydrogens (tertiary/aromatic N) is 1. The quantitative estimate of drug-likeness (QED) is 0.868. The molecule has 1 aliphatic heterocycles. The van der Waals surface area contributed by atoms with Gasteiger partial charge in [-0.15, -0.1) is 0 Å². The Hall–Kier alpha value is -1.42. The van der Waals surface area contributed by atoms with Crippen LogP contribution in [-0.4, -0.2) is 29.9 Å². The van der Waals surface area contributed by atoms with Gasteiger partial charge in [-0.05, 0) is 50.1 Å². The van der Waals surface area contributed by atoms with E-state index in [4.69, 9.17) is 0 Å². The van der Waals surface area contributed by atoms with E-state index >= 15 is 0 Å². The van der Waals surface area contributed by atoms with Gasteiger partial charge in [0.05, 0.1) is 6.04 Å². The number of nitrogens with one attached hydrogen (secondary N) is 1. The van der Waals surface area contributed by atoms with E-state index in [-0.39, 0.29) is 17.8 Å². The minimum absolute atomic E-state index is 0.0937. The van der Waals surface area contributed by atoms with Crippen molar-refractivity contribution < 1.29 is 9.18 Å². The number of benzene rings is 1. The first-order valence-corrected chi connectivity index (χ1v) is 6.35. The Labute approximate surface area is 107 Å². The summed E-state index contributed by atoms with van der Waals surface area (Å²) < 4.78 is 13.2. The van der Waals surface area contributed by atoms with Crippen LogP contribution < -0.4 is 5.32 Å². The number of hydrogen-bond acceptors (Lipinski definition) is 2. The average Bonchev–Trinajstić information content (AvgIpc) is 2.49. The second-order valence-electron chi connectivity index (χ2n) is 4.86. The third-order valence-electron chi connectivity index (χ3n) is 3.41. The Morgan fingerprint density at radius 1 is 1.50 bits per heavy atom. The topological polar surface area (TPSA) is 32.3 Å². The Balaban J connectivity index is 2.16. The second-order valence-corrected chi connectivity index (χ2v) is 4.86. The predicted molar refractivity (Wildman–Crippen MR) is 68.6 cm³/mol. The van der Waals surface area contributed by atoms with Gasteiger partial charge in [0.1, 0.15) is 5.82 Å². The summed E-state index contributed by atoms with van der Waals surface area (Å²) in [4.78, 5) is 13.9. The first-order valence-electron chi connectivity index (χ1n) is 6.35. The Morgan fingerprint density at radius 3 is 3.06 bits per heavy atom. The summed E-state index contributed by atoms with van der Waals surface area (Å²) in [5, 5.41) is 3.17. The molecule has 0 aliphatic carbocycles. The lowest BCUT2D eigenvalue weighted by Crippen LogP contribution is -2.41. The average molecular weight is 250 g/mol. The molecule has 18 heavy (non-hydrogen) atoms. The molecule has 1 fully saturated rings. The summed E-state index contributed by atoms with van der Waals surface area (Å²) in [7, 11) is 0. The molecule has 2 rings (SSSR count). The molecule has 1 N–H and O–H groups in total. The van der Waals surface area contributed by atoms with Crippen molar-refractivity contribution in [2.45, 2.75) is 32.9 Å². The molecule has 1 atom stereocenters. The van der Waals surface area contributed by atoms with Gasteiger partial charge in [0.2, 0.25) is 5.91 Å². The first kappa shape index (κ1) is 13.0. The number of carbonyl (C=O) groups is 1. The van der Waals surface area contributed by atoms with Gasteiger partial charge in [-0.25, -0.2) is 4.39 Å². The molecule has 0 aromatic heterocycles. The predicted octanol–water partition coefficient (Wildman–Crippen LogP) is 1.84. The maximum Gasteiger partial charge on any atom is 0.239 e. The zero-order valence-corrected chi connectivity index (χ0v) is 10.9. The fourth-order valence-electron chi connectivity index (χ4n) is 2.23. The van der Waals surface area contributed by atoms with Gasteiger partial charge in [-0.3, -0.25) is 4.79 Å². The maximum absolute atomic E-state index is 13.2. The molecule has 0 saturated carbocycles. The summed E-state index contributed by atoms with van der Waals surface area (Å²) >= 11 is 0. The van der Waals surface area contributed by atoms with E-state index in [0.717, 1.165) is 30.6 Å². The van der Waals surface area contributed by atoms with Gasteiger partial charge in [-0.1, -0.05) is 6.07 Å². The molecular weight excluding hydrogens is 231 g/mol. The minimum Gasteiger partial charge on any atom is -0.337 e. The molecule has 1 amide bonds. The highest BCUT2D eigenvalue weighted by atomic mass is 19.1. The standard InChI is InChI=1S/C14H19FN2O/c1-10-4-5-13(15)8-12(10)9-17-7-3-6-16-11(2)14(17)18/h4-5,8,11,16H,3,6-7,9H2,1-2H3. The SMILES string of the molecule is Cc1ccc(F)cc1CN1CCCNC(C)C1=O. The largest absolute Gasteiger partial charge is 0.337 e. The molecule has 1 unspecified atom stereocenters. The molecule has 98 valence electrons. The maximum atomic E-state index is 13.2. The van der Waals surface area contributed by atoms with Crippen molar-refractivity contribution in [1.29, 1.82) is 0 Å². The van der Waals surface area contributed by atoms with Gasteiger partial charge in [0.15, 0.2) is 0 Å². The van der Waals surface area contributed by atoms with Gasteiger partial charge in [0, 0.05) is 13.1 Å². The molecule has 3 nitrogen and oxygen atoms in total. The van der Waals surface area contributed by atoms with E-state index in [2.05, 4.69) is 5.32 Å². The third kappa shape index (κ3) is 2.88. The number of aryl methyl sites for hydroxylation is 1. The highest BCUT2D eigenvalue weighted by Crippen LogP contribution is 2.15. The van der Waals surface area contributed by atoms with Crippen LogP contribution >= 0.6 is 0 Å². The zero-order valence-electron chi connectivity index (χ0n) is 10.9. The van der Waals surface area contributed by atoms with Crippen molar-refractivity contribution in [3.63, 3.8) is 0 Å². The second kappa shape index (κ2) is 5.48. The molecule has 1 aromatic carbocycles. The summed E-state index contributed by atoms with van der Waals surface area (Å²) in [6.07, 6.45) is 0.935. The Kier molecular flexibility index (Phi) is 3.97. The lowest BCUT2D eigenvalue weighted by Gasteiger charge is -2.23. The summed E-state index contributed by atoms with van der Waals surface area (Å²) in [5.41, 5.74) is 1.91. The van der Waals surface area contributed by atoms with E-state index in [1.807, 2.05) is 18.7 Å². The van der Waals surface area contributed by atoms with E-state index in [0.29, 0.717) is 6.54 Å². The van der Waals surface area contributed by atoms with Gasteiger partial charge in [-0.2, -0.15) is 0 Å². The van der Waals surface area contributed by atoms with E-state index in [1.165, 1.54) is 12.1 Å². The van der Waals surface area contributed by atoms with E-state index in [1.54, 1.807) is 6.07 Å². The van der Waals surface area contributed by atoms with Crippen molar-refractivity contribution in [3.8, 4) is 0 Å². The van der Waals surface area contributed by atoms with Crippen molar-refractivity contribution >= 4 is 5.91 Å².